The van der Waals surface area contributed by atoms with Crippen LogP contribution in [0.15, 0.2) is 74.9 Å². The predicted molar refractivity (Wildman–Crippen MR) is 104 cm³/mol. The average molecular weight is 434 g/mol. The lowest BCUT2D eigenvalue weighted by Crippen LogP contribution is -2.18. The summed E-state index contributed by atoms with van der Waals surface area (Å²) in [5.74, 6) is 0.572. The molecule has 0 atom stereocenters. The van der Waals surface area contributed by atoms with Crippen LogP contribution in [0, 0.1) is 0 Å². The molecule has 26 heavy (non-hydrogen) atoms. The van der Waals surface area contributed by atoms with Crippen LogP contribution in [0.1, 0.15) is 21.7 Å². The molecule has 132 valence electrons. The summed E-state index contributed by atoms with van der Waals surface area (Å²) in [5, 5.41) is 4.50. The topological polar surface area (TPSA) is 63.8 Å². The van der Waals surface area contributed by atoms with Gasteiger partial charge in [-0.3, -0.25) is 4.79 Å². The molecule has 0 aliphatic rings. The van der Waals surface area contributed by atoms with Crippen molar-refractivity contribution in [2.45, 2.75) is 6.61 Å². The maximum Gasteiger partial charge on any atom is 0.275 e. The summed E-state index contributed by atoms with van der Waals surface area (Å²) in [6, 6.07) is 17.8. The van der Waals surface area contributed by atoms with Crippen molar-refractivity contribution in [2.24, 2.45) is 5.10 Å². The van der Waals surface area contributed by atoms with Crippen molar-refractivity contribution in [2.75, 3.05) is 0 Å². The summed E-state index contributed by atoms with van der Waals surface area (Å²) < 4.78 is 11.6. The molecule has 1 heterocycles. The quantitative estimate of drug-likeness (QED) is 0.437. The van der Waals surface area contributed by atoms with Crippen LogP contribution in [0.5, 0.6) is 5.75 Å². The number of hydrazone groups is 1. The molecule has 2 aromatic carbocycles. The van der Waals surface area contributed by atoms with Gasteiger partial charge in [-0.25, -0.2) is 5.43 Å². The maximum atomic E-state index is 12.4. The Morgan fingerprint density at radius 3 is 2.69 bits per heavy atom. The van der Waals surface area contributed by atoms with E-state index in [2.05, 4.69) is 26.5 Å². The molecule has 0 radical (unpaired) electrons. The number of ether oxygens (including phenoxy) is 1. The lowest BCUT2D eigenvalue weighted by atomic mass is 10.2. The van der Waals surface area contributed by atoms with E-state index in [9.17, 15) is 4.79 Å². The van der Waals surface area contributed by atoms with Crippen molar-refractivity contribution in [1.29, 1.82) is 0 Å². The molecule has 7 heteroatoms. The van der Waals surface area contributed by atoms with Gasteiger partial charge in [0, 0.05) is 10.6 Å². The number of carbonyl (C=O) groups excluding carboxylic acids is 1. The van der Waals surface area contributed by atoms with Crippen molar-refractivity contribution >= 4 is 39.7 Å². The number of nitrogens with zero attached hydrogens (tertiary/aromatic N) is 1. The van der Waals surface area contributed by atoms with E-state index in [0.717, 1.165) is 5.56 Å². The van der Waals surface area contributed by atoms with Crippen LogP contribution in [0.4, 0.5) is 0 Å². The highest BCUT2D eigenvalue weighted by molar-refractivity contribution is 9.10. The fraction of sp³-hybridized carbons (Fsp3) is 0.0526. The molecule has 1 N–H and O–H groups in total. The van der Waals surface area contributed by atoms with E-state index in [4.69, 9.17) is 20.8 Å². The van der Waals surface area contributed by atoms with Crippen molar-refractivity contribution < 1.29 is 13.9 Å². The van der Waals surface area contributed by atoms with Gasteiger partial charge in [-0.15, -0.1) is 0 Å². The fourth-order valence-electron chi connectivity index (χ4n) is 2.16. The monoisotopic (exact) mass is 432 g/mol. The van der Waals surface area contributed by atoms with Gasteiger partial charge in [0.25, 0.3) is 5.91 Å². The van der Waals surface area contributed by atoms with E-state index >= 15 is 0 Å². The number of carbonyl (C=O) groups is 1. The number of hydrogen-bond donors (Lipinski definition) is 1. The molecule has 0 aliphatic carbocycles. The second kappa shape index (κ2) is 8.69. The van der Waals surface area contributed by atoms with Crippen LogP contribution < -0.4 is 10.2 Å². The lowest BCUT2D eigenvalue weighted by molar-refractivity contribution is 0.0950. The highest BCUT2D eigenvalue weighted by Gasteiger charge is 2.12. The van der Waals surface area contributed by atoms with Gasteiger partial charge in [-0.1, -0.05) is 41.9 Å². The number of rotatable bonds is 6. The van der Waals surface area contributed by atoms with Gasteiger partial charge in [-0.2, -0.15) is 5.10 Å². The first-order valence-corrected chi connectivity index (χ1v) is 8.84. The molecule has 5 nitrogen and oxygen atoms in total. The Morgan fingerprint density at radius 1 is 1.15 bits per heavy atom. The highest BCUT2D eigenvalue weighted by atomic mass is 79.9. The van der Waals surface area contributed by atoms with Gasteiger partial charge >= 0.3 is 0 Å². The number of halogens is 2. The fourth-order valence-corrected chi connectivity index (χ4v) is 2.67. The SMILES string of the molecule is O=C(N/N=C/c1ccc(Br)o1)c1ccccc1OCc1ccccc1Cl. The Morgan fingerprint density at radius 2 is 1.92 bits per heavy atom. The summed E-state index contributed by atoms with van der Waals surface area (Å²) in [6.45, 7) is 0.258. The molecule has 3 rings (SSSR count). The molecule has 0 bridgehead atoms. The lowest BCUT2D eigenvalue weighted by Gasteiger charge is -2.11. The first kappa shape index (κ1) is 18.2. The van der Waals surface area contributed by atoms with Crippen molar-refractivity contribution in [3.8, 4) is 5.75 Å². The van der Waals surface area contributed by atoms with E-state index < -0.39 is 0 Å². The van der Waals surface area contributed by atoms with Gasteiger partial charge in [-0.05, 0) is 46.3 Å². The van der Waals surface area contributed by atoms with E-state index in [0.29, 0.717) is 26.8 Å². The Hall–Kier alpha value is -2.57. The third-order valence-corrected chi connectivity index (χ3v) is 4.22. The zero-order valence-corrected chi connectivity index (χ0v) is 15.8. The molecule has 1 amide bonds. The van der Waals surface area contributed by atoms with Crippen LogP contribution in [-0.2, 0) is 6.61 Å². The largest absolute Gasteiger partial charge is 0.488 e. The van der Waals surface area contributed by atoms with E-state index in [-0.39, 0.29) is 12.5 Å². The summed E-state index contributed by atoms with van der Waals surface area (Å²) in [7, 11) is 0. The minimum atomic E-state index is -0.387. The van der Waals surface area contributed by atoms with Gasteiger partial charge in [0.05, 0.1) is 11.8 Å². The van der Waals surface area contributed by atoms with Crippen molar-refractivity contribution in [3.63, 3.8) is 0 Å². The molecule has 0 saturated heterocycles. The predicted octanol–water partition coefficient (Wildman–Crippen LogP) is 5.04. The van der Waals surface area contributed by atoms with Crippen LogP contribution in [-0.4, -0.2) is 12.1 Å². The Balaban J connectivity index is 1.67. The molecular weight excluding hydrogens is 420 g/mol. The van der Waals surface area contributed by atoms with Gasteiger partial charge < -0.3 is 9.15 Å². The maximum absolute atomic E-state index is 12.4. The molecule has 0 fully saturated rings. The first-order chi connectivity index (χ1) is 12.6. The van der Waals surface area contributed by atoms with Crippen molar-refractivity contribution in [1.82, 2.24) is 5.43 Å². The van der Waals surface area contributed by atoms with E-state index in [1.165, 1.54) is 6.21 Å². The standard InChI is InChI=1S/C19H14BrClN2O3/c20-18-10-9-14(26-18)11-22-23-19(24)15-6-2-4-8-17(15)25-12-13-5-1-3-7-16(13)21/h1-11H,12H2,(H,23,24)/b22-11+. The summed E-state index contributed by atoms with van der Waals surface area (Å²) in [6.07, 6.45) is 1.41. The molecule has 1 aromatic heterocycles. The van der Waals surface area contributed by atoms with Crippen LogP contribution >= 0.6 is 27.5 Å². The number of hydrogen-bond acceptors (Lipinski definition) is 4. The number of para-hydroxylation sites is 1. The molecule has 0 aliphatic heterocycles. The van der Waals surface area contributed by atoms with E-state index in [1.54, 1.807) is 42.5 Å². The molecule has 3 aromatic rings. The average Bonchev–Trinajstić information content (AvgIpc) is 3.06. The van der Waals surface area contributed by atoms with Gasteiger partial charge in [0.15, 0.2) is 4.67 Å². The Kier molecular flexibility index (Phi) is 6.09. The summed E-state index contributed by atoms with van der Waals surface area (Å²) in [4.78, 5) is 12.4. The zero-order chi connectivity index (χ0) is 18.4. The summed E-state index contributed by atoms with van der Waals surface area (Å²) in [5.41, 5.74) is 3.67. The molecule has 0 saturated carbocycles. The minimum Gasteiger partial charge on any atom is -0.488 e. The third kappa shape index (κ3) is 4.74. The number of benzene rings is 2. The normalized spacial score (nSPS) is 10.8. The van der Waals surface area contributed by atoms with Crippen molar-refractivity contribution in [3.05, 3.63) is 87.2 Å². The number of nitrogens with one attached hydrogen (secondary N) is 1. The smallest absolute Gasteiger partial charge is 0.275 e. The first-order valence-electron chi connectivity index (χ1n) is 7.67. The zero-order valence-electron chi connectivity index (χ0n) is 13.5. The van der Waals surface area contributed by atoms with Crippen LogP contribution in [0.25, 0.3) is 0 Å². The second-order valence-electron chi connectivity index (χ2n) is 5.22. The Labute approximate surface area is 163 Å². The number of amides is 1. The second-order valence-corrected chi connectivity index (χ2v) is 6.41. The molecular formula is C19H14BrClN2O3. The number of furan rings is 1. The molecule has 0 unspecified atom stereocenters. The van der Waals surface area contributed by atoms with Crippen LogP contribution in [0.2, 0.25) is 5.02 Å². The summed E-state index contributed by atoms with van der Waals surface area (Å²) >= 11 is 9.33. The minimum absolute atomic E-state index is 0.258. The van der Waals surface area contributed by atoms with E-state index in [1.807, 2.05) is 18.2 Å². The van der Waals surface area contributed by atoms with Gasteiger partial charge in [0.1, 0.15) is 18.1 Å². The van der Waals surface area contributed by atoms with Crippen LogP contribution in [0.3, 0.4) is 0 Å². The van der Waals surface area contributed by atoms with Gasteiger partial charge in [0.2, 0.25) is 0 Å². The third-order valence-electron chi connectivity index (χ3n) is 3.42. The Bertz CT molecular complexity index is 940. The highest BCUT2D eigenvalue weighted by Crippen LogP contribution is 2.22. The molecule has 0 spiro atoms.